The Kier molecular flexibility index (Phi) is 5.24. The van der Waals surface area contributed by atoms with Crippen LogP contribution in [0, 0.1) is 6.92 Å². The van der Waals surface area contributed by atoms with Crippen LogP contribution in [-0.4, -0.2) is 49.4 Å². The predicted octanol–water partition coefficient (Wildman–Crippen LogP) is 2.93. The van der Waals surface area contributed by atoms with Crippen molar-refractivity contribution in [2.75, 3.05) is 38.2 Å². The first kappa shape index (κ1) is 16.7. The molecule has 23 heavy (non-hydrogen) atoms. The third kappa shape index (κ3) is 4.05. The van der Waals surface area contributed by atoms with Crippen LogP contribution in [0.15, 0.2) is 22.7 Å². The van der Waals surface area contributed by atoms with Crippen molar-refractivity contribution in [3.8, 4) is 0 Å². The van der Waals surface area contributed by atoms with Gasteiger partial charge in [-0.05, 0) is 30.7 Å². The number of nitrogens with zero attached hydrogens (tertiary/aromatic N) is 1. The van der Waals surface area contributed by atoms with Gasteiger partial charge in [0.1, 0.15) is 0 Å². The Morgan fingerprint density at radius 2 is 2.00 bits per heavy atom. The zero-order valence-corrected chi connectivity index (χ0v) is 15.0. The van der Waals surface area contributed by atoms with Crippen molar-refractivity contribution < 1.29 is 14.3 Å². The number of carbonyl (C=O) groups is 1. The number of hydrogen-bond donors (Lipinski definition) is 1. The van der Waals surface area contributed by atoms with Crippen molar-refractivity contribution in [2.24, 2.45) is 0 Å². The lowest BCUT2D eigenvalue weighted by atomic mass is 10.0. The number of piperidine rings is 1. The molecule has 0 radical (unpaired) electrons. The van der Waals surface area contributed by atoms with Gasteiger partial charge in [-0.25, -0.2) is 0 Å². The summed E-state index contributed by atoms with van der Waals surface area (Å²) in [7, 11) is 0. The van der Waals surface area contributed by atoms with Gasteiger partial charge in [0.15, 0.2) is 5.79 Å². The minimum Gasteiger partial charge on any atom is -0.385 e. The van der Waals surface area contributed by atoms with Crippen molar-refractivity contribution in [3.63, 3.8) is 0 Å². The summed E-state index contributed by atoms with van der Waals surface area (Å²) in [4.78, 5) is 14.2. The van der Waals surface area contributed by atoms with E-state index in [-0.39, 0.29) is 5.91 Å². The maximum absolute atomic E-state index is 12.3. The smallest absolute Gasteiger partial charge is 0.224 e. The maximum Gasteiger partial charge on any atom is 0.224 e. The molecule has 1 aromatic rings. The Bertz CT molecular complexity index is 563. The lowest BCUT2D eigenvalue weighted by molar-refractivity contribution is -0.187. The van der Waals surface area contributed by atoms with Gasteiger partial charge in [-0.2, -0.15) is 0 Å². The Hall–Kier alpha value is -1.11. The highest BCUT2D eigenvalue weighted by Gasteiger charge is 2.40. The zero-order chi connectivity index (χ0) is 16.3. The summed E-state index contributed by atoms with van der Waals surface area (Å²) in [5.74, 6) is -0.219. The van der Waals surface area contributed by atoms with Gasteiger partial charge < -0.3 is 19.7 Å². The van der Waals surface area contributed by atoms with Crippen LogP contribution >= 0.6 is 15.9 Å². The molecule has 1 amide bonds. The molecule has 126 valence electrons. The van der Waals surface area contributed by atoms with Crippen LogP contribution in [-0.2, 0) is 14.3 Å². The summed E-state index contributed by atoms with van der Waals surface area (Å²) >= 11 is 3.49. The van der Waals surface area contributed by atoms with Crippen molar-refractivity contribution in [1.29, 1.82) is 0 Å². The number of hydrogen-bond acceptors (Lipinski definition) is 4. The lowest BCUT2D eigenvalue weighted by Crippen LogP contribution is -2.47. The van der Waals surface area contributed by atoms with Gasteiger partial charge in [-0.15, -0.1) is 0 Å². The fraction of sp³-hybridized carbons (Fsp3) is 0.588. The molecule has 0 unspecified atom stereocenters. The summed E-state index contributed by atoms with van der Waals surface area (Å²) in [6.45, 7) is 5.48. The van der Waals surface area contributed by atoms with Crippen molar-refractivity contribution in [1.82, 2.24) is 4.90 Å². The highest BCUT2D eigenvalue weighted by Crippen LogP contribution is 2.31. The van der Waals surface area contributed by atoms with E-state index in [1.807, 2.05) is 17.0 Å². The standard InChI is InChI=1S/C17H23BrN2O3/c1-13-12-14(2-3-15(13)18)19-7-4-16(21)20-8-5-17(6-9-20)22-10-11-23-17/h2-3,12,19H,4-11H2,1H3. The largest absolute Gasteiger partial charge is 0.385 e. The molecule has 0 saturated carbocycles. The molecule has 2 heterocycles. The van der Waals surface area contributed by atoms with E-state index in [2.05, 4.69) is 34.2 Å². The second-order valence-corrected chi connectivity index (χ2v) is 6.98. The van der Waals surface area contributed by atoms with Crippen molar-refractivity contribution in [2.45, 2.75) is 32.0 Å². The summed E-state index contributed by atoms with van der Waals surface area (Å²) < 4.78 is 12.5. The van der Waals surface area contributed by atoms with Gasteiger partial charge in [0.25, 0.3) is 0 Å². The first-order valence-electron chi connectivity index (χ1n) is 8.14. The first-order valence-corrected chi connectivity index (χ1v) is 8.93. The predicted molar refractivity (Wildman–Crippen MR) is 92.4 cm³/mol. The Labute approximate surface area is 145 Å². The van der Waals surface area contributed by atoms with Crippen LogP contribution in [0.4, 0.5) is 5.69 Å². The molecule has 3 rings (SSSR count). The highest BCUT2D eigenvalue weighted by atomic mass is 79.9. The third-order valence-electron chi connectivity index (χ3n) is 4.52. The molecule has 2 saturated heterocycles. The number of ether oxygens (including phenoxy) is 2. The fourth-order valence-corrected chi connectivity index (χ4v) is 3.36. The molecule has 2 fully saturated rings. The molecule has 1 N–H and O–H groups in total. The molecule has 1 aromatic carbocycles. The lowest BCUT2D eigenvalue weighted by Gasteiger charge is -2.37. The summed E-state index contributed by atoms with van der Waals surface area (Å²) in [5.41, 5.74) is 2.23. The van der Waals surface area contributed by atoms with Crippen LogP contribution in [0.5, 0.6) is 0 Å². The fourth-order valence-electron chi connectivity index (χ4n) is 3.11. The SMILES string of the molecule is Cc1cc(NCCC(=O)N2CCC3(CC2)OCCO3)ccc1Br. The minimum atomic E-state index is -0.413. The van der Waals surface area contributed by atoms with E-state index in [4.69, 9.17) is 9.47 Å². The summed E-state index contributed by atoms with van der Waals surface area (Å²) in [6.07, 6.45) is 2.06. The van der Waals surface area contributed by atoms with Gasteiger partial charge in [-0.3, -0.25) is 4.79 Å². The van der Waals surface area contributed by atoms with Crippen molar-refractivity contribution in [3.05, 3.63) is 28.2 Å². The quantitative estimate of drug-likeness (QED) is 0.869. The second kappa shape index (κ2) is 7.20. The number of anilines is 1. The minimum absolute atomic E-state index is 0.194. The van der Waals surface area contributed by atoms with Crippen LogP contribution in [0.2, 0.25) is 0 Å². The second-order valence-electron chi connectivity index (χ2n) is 6.13. The molecular formula is C17H23BrN2O3. The average molecular weight is 383 g/mol. The van der Waals surface area contributed by atoms with Gasteiger partial charge >= 0.3 is 0 Å². The van der Waals surface area contributed by atoms with Gasteiger partial charge in [0, 0.05) is 49.1 Å². The molecule has 2 aliphatic rings. The van der Waals surface area contributed by atoms with Crippen LogP contribution < -0.4 is 5.32 Å². The first-order chi connectivity index (χ1) is 11.1. The molecule has 0 atom stereocenters. The molecule has 0 aliphatic carbocycles. The monoisotopic (exact) mass is 382 g/mol. The number of halogens is 1. The summed E-state index contributed by atoms with van der Waals surface area (Å²) in [5, 5.41) is 3.31. The van der Waals surface area contributed by atoms with Gasteiger partial charge in [0.05, 0.1) is 13.2 Å². The number of rotatable bonds is 4. The van der Waals surface area contributed by atoms with Crippen LogP contribution in [0.3, 0.4) is 0 Å². The molecule has 0 bridgehead atoms. The molecule has 6 heteroatoms. The number of nitrogens with one attached hydrogen (secondary N) is 1. The Morgan fingerprint density at radius 3 is 2.65 bits per heavy atom. The van der Waals surface area contributed by atoms with E-state index in [0.717, 1.165) is 36.1 Å². The topological polar surface area (TPSA) is 50.8 Å². The maximum atomic E-state index is 12.3. The third-order valence-corrected chi connectivity index (χ3v) is 5.41. The van der Waals surface area contributed by atoms with Crippen molar-refractivity contribution >= 4 is 27.5 Å². The molecule has 5 nitrogen and oxygen atoms in total. The summed E-state index contributed by atoms with van der Waals surface area (Å²) in [6, 6.07) is 6.11. The molecule has 1 spiro atoms. The normalized spacial score (nSPS) is 20.0. The van der Waals surface area contributed by atoms with Crippen LogP contribution in [0.25, 0.3) is 0 Å². The number of carbonyl (C=O) groups excluding carboxylic acids is 1. The Balaban J connectivity index is 1.42. The Morgan fingerprint density at radius 1 is 1.30 bits per heavy atom. The molecule has 2 aliphatic heterocycles. The average Bonchev–Trinajstić information content (AvgIpc) is 2.99. The van der Waals surface area contributed by atoms with Gasteiger partial charge in [-0.1, -0.05) is 15.9 Å². The number of aryl methyl sites for hydroxylation is 1. The van der Waals surface area contributed by atoms with E-state index in [9.17, 15) is 4.79 Å². The highest BCUT2D eigenvalue weighted by molar-refractivity contribution is 9.10. The van der Waals surface area contributed by atoms with E-state index in [1.54, 1.807) is 0 Å². The molecule has 0 aromatic heterocycles. The van der Waals surface area contributed by atoms with E-state index in [0.29, 0.717) is 26.2 Å². The zero-order valence-electron chi connectivity index (χ0n) is 13.4. The van der Waals surface area contributed by atoms with E-state index < -0.39 is 5.79 Å². The number of amides is 1. The van der Waals surface area contributed by atoms with Crippen LogP contribution in [0.1, 0.15) is 24.8 Å². The van der Waals surface area contributed by atoms with Gasteiger partial charge in [0.2, 0.25) is 5.91 Å². The molecular weight excluding hydrogens is 360 g/mol. The van der Waals surface area contributed by atoms with E-state index >= 15 is 0 Å². The number of likely N-dealkylation sites (tertiary alicyclic amines) is 1. The van der Waals surface area contributed by atoms with E-state index in [1.165, 1.54) is 5.56 Å². The number of benzene rings is 1.